The van der Waals surface area contributed by atoms with Gasteiger partial charge in [0.15, 0.2) is 0 Å². The number of aliphatic imine (C=N–C) groups is 1. The predicted molar refractivity (Wildman–Crippen MR) is 47.6 cm³/mol. The lowest BCUT2D eigenvalue weighted by atomic mass is 10.1. The van der Waals surface area contributed by atoms with Gasteiger partial charge in [-0.2, -0.15) is 0 Å². The molecule has 0 N–H and O–H groups in total. The van der Waals surface area contributed by atoms with Gasteiger partial charge in [0.25, 0.3) is 0 Å². The van der Waals surface area contributed by atoms with Crippen LogP contribution < -0.4 is 0 Å². The van der Waals surface area contributed by atoms with Crippen LogP contribution in [0.3, 0.4) is 0 Å². The van der Waals surface area contributed by atoms with Gasteiger partial charge in [0.1, 0.15) is 0 Å². The van der Waals surface area contributed by atoms with E-state index in [1.54, 1.807) is 0 Å². The smallest absolute Gasteiger partial charge is 0.0665 e. The molecule has 1 aliphatic heterocycles. The van der Waals surface area contributed by atoms with E-state index in [1.807, 2.05) is 24.4 Å². The van der Waals surface area contributed by atoms with Crippen molar-refractivity contribution in [3.05, 3.63) is 47.7 Å². The number of rotatable bonds is 0. The topological polar surface area (TPSA) is 12.4 Å². The van der Waals surface area contributed by atoms with Crippen molar-refractivity contribution < 1.29 is 0 Å². The molecule has 1 heterocycles. The molecule has 0 fully saturated rings. The molecule has 0 aromatic carbocycles. The van der Waals surface area contributed by atoms with E-state index in [1.165, 1.54) is 5.57 Å². The van der Waals surface area contributed by atoms with E-state index < -0.39 is 0 Å². The molecule has 0 aromatic heterocycles. The van der Waals surface area contributed by atoms with Crippen molar-refractivity contribution in [2.45, 2.75) is 6.42 Å². The monoisotopic (exact) mass is 143 g/mol. The molecule has 0 saturated carbocycles. The molecule has 0 saturated heterocycles. The van der Waals surface area contributed by atoms with Crippen LogP contribution in [0.15, 0.2) is 52.7 Å². The van der Waals surface area contributed by atoms with E-state index in [9.17, 15) is 0 Å². The van der Waals surface area contributed by atoms with Gasteiger partial charge < -0.3 is 0 Å². The molecule has 0 amide bonds. The molecule has 2 aliphatic rings. The first-order valence-electron chi connectivity index (χ1n) is 3.74. The van der Waals surface area contributed by atoms with Crippen LogP contribution in [-0.4, -0.2) is 6.21 Å². The molecule has 1 aliphatic carbocycles. The highest BCUT2D eigenvalue weighted by atomic mass is 14.7. The second-order valence-electron chi connectivity index (χ2n) is 2.54. The Kier molecular flexibility index (Phi) is 1.56. The van der Waals surface area contributed by atoms with E-state index >= 15 is 0 Å². The van der Waals surface area contributed by atoms with E-state index in [-0.39, 0.29) is 0 Å². The van der Waals surface area contributed by atoms with Crippen molar-refractivity contribution in [1.29, 1.82) is 0 Å². The molecule has 0 radical (unpaired) electrons. The lowest BCUT2D eigenvalue weighted by Gasteiger charge is -2.02. The summed E-state index contributed by atoms with van der Waals surface area (Å²) in [7, 11) is 0. The maximum Gasteiger partial charge on any atom is 0.0665 e. The third kappa shape index (κ3) is 1.22. The second kappa shape index (κ2) is 2.70. The molecule has 0 spiro atoms. The maximum absolute atomic E-state index is 4.22. The molecule has 0 aromatic rings. The average molecular weight is 143 g/mol. The van der Waals surface area contributed by atoms with Crippen molar-refractivity contribution in [1.82, 2.24) is 0 Å². The van der Waals surface area contributed by atoms with Crippen LogP contribution in [0.1, 0.15) is 6.42 Å². The van der Waals surface area contributed by atoms with Gasteiger partial charge in [-0.15, -0.1) is 0 Å². The predicted octanol–water partition coefficient (Wildman–Crippen LogP) is 2.40. The highest BCUT2D eigenvalue weighted by Gasteiger charge is 2.01. The van der Waals surface area contributed by atoms with E-state index in [0.29, 0.717) is 0 Å². The van der Waals surface area contributed by atoms with Crippen molar-refractivity contribution in [2.24, 2.45) is 4.99 Å². The summed E-state index contributed by atoms with van der Waals surface area (Å²) in [5, 5.41) is 0. The third-order valence-electron chi connectivity index (χ3n) is 1.77. The number of allylic oxidation sites excluding steroid dienone is 7. The van der Waals surface area contributed by atoms with Gasteiger partial charge in [-0.25, -0.2) is 0 Å². The largest absolute Gasteiger partial charge is 0.257 e. The van der Waals surface area contributed by atoms with Crippen molar-refractivity contribution in [3.63, 3.8) is 0 Å². The Morgan fingerprint density at radius 2 is 2.09 bits per heavy atom. The highest BCUT2D eigenvalue weighted by molar-refractivity contribution is 5.77. The Balaban J connectivity index is 2.33. The first-order chi connectivity index (χ1) is 5.47. The Morgan fingerprint density at radius 1 is 1.09 bits per heavy atom. The zero-order valence-corrected chi connectivity index (χ0v) is 6.20. The van der Waals surface area contributed by atoms with Gasteiger partial charge >= 0.3 is 0 Å². The Morgan fingerprint density at radius 3 is 2.73 bits per heavy atom. The van der Waals surface area contributed by atoms with Gasteiger partial charge in [0.2, 0.25) is 0 Å². The fraction of sp³-hybridized carbons (Fsp3) is 0.100. The molecule has 0 bridgehead atoms. The molecule has 54 valence electrons. The lowest BCUT2D eigenvalue weighted by Crippen LogP contribution is -1.84. The second-order valence-corrected chi connectivity index (χ2v) is 2.54. The van der Waals surface area contributed by atoms with Crippen LogP contribution in [-0.2, 0) is 0 Å². The van der Waals surface area contributed by atoms with Crippen LogP contribution in [0.5, 0.6) is 0 Å². The van der Waals surface area contributed by atoms with Gasteiger partial charge in [-0.1, -0.05) is 24.3 Å². The minimum absolute atomic E-state index is 1.01. The summed E-state index contributed by atoms with van der Waals surface area (Å²) in [6.07, 6.45) is 15.2. The van der Waals surface area contributed by atoms with Crippen LogP contribution in [0.2, 0.25) is 0 Å². The van der Waals surface area contributed by atoms with E-state index in [2.05, 4.69) is 23.2 Å². The SMILES string of the molecule is C1=CC/C(=C2/C=CC=N2)C=C1. The van der Waals surface area contributed by atoms with E-state index in [0.717, 1.165) is 12.1 Å². The molecular weight excluding hydrogens is 134 g/mol. The number of nitrogens with zero attached hydrogens (tertiary/aromatic N) is 1. The molecule has 0 atom stereocenters. The Bertz CT molecular complexity index is 287. The summed E-state index contributed by atoms with van der Waals surface area (Å²) in [5.41, 5.74) is 2.41. The molecule has 1 nitrogen and oxygen atoms in total. The van der Waals surface area contributed by atoms with Crippen LogP contribution in [0.4, 0.5) is 0 Å². The Hall–Kier alpha value is -1.37. The minimum atomic E-state index is 1.01. The van der Waals surface area contributed by atoms with Crippen molar-refractivity contribution in [2.75, 3.05) is 0 Å². The number of hydrogen-bond acceptors (Lipinski definition) is 1. The zero-order chi connectivity index (χ0) is 7.52. The first kappa shape index (κ1) is 6.35. The number of hydrogen-bond donors (Lipinski definition) is 0. The standard InChI is InChI=1S/C10H9N/c1-2-5-9(6-3-1)10-7-4-8-11-10/h1-5,7-8H,6H2/b10-9-. The minimum Gasteiger partial charge on any atom is -0.257 e. The fourth-order valence-corrected chi connectivity index (χ4v) is 1.19. The van der Waals surface area contributed by atoms with Gasteiger partial charge in [-0.3, -0.25) is 4.99 Å². The summed E-state index contributed by atoms with van der Waals surface area (Å²) in [6.45, 7) is 0. The van der Waals surface area contributed by atoms with Crippen LogP contribution in [0.25, 0.3) is 0 Å². The van der Waals surface area contributed by atoms with Gasteiger partial charge in [-0.05, 0) is 24.1 Å². The van der Waals surface area contributed by atoms with Crippen LogP contribution >= 0.6 is 0 Å². The Labute approximate surface area is 66.1 Å². The summed E-state index contributed by atoms with van der Waals surface area (Å²) in [5.74, 6) is 0. The summed E-state index contributed by atoms with van der Waals surface area (Å²) in [6, 6.07) is 0. The molecule has 2 rings (SSSR count). The molecule has 1 heteroatoms. The van der Waals surface area contributed by atoms with Crippen molar-refractivity contribution in [3.8, 4) is 0 Å². The quantitative estimate of drug-likeness (QED) is 0.493. The average Bonchev–Trinajstić information content (AvgIpc) is 2.58. The summed E-state index contributed by atoms with van der Waals surface area (Å²) >= 11 is 0. The van der Waals surface area contributed by atoms with Crippen molar-refractivity contribution >= 4 is 6.21 Å². The molecule has 0 unspecified atom stereocenters. The van der Waals surface area contributed by atoms with Crippen LogP contribution in [0, 0.1) is 0 Å². The first-order valence-corrected chi connectivity index (χ1v) is 3.74. The lowest BCUT2D eigenvalue weighted by molar-refractivity contribution is 1.20. The van der Waals surface area contributed by atoms with Gasteiger partial charge in [0.05, 0.1) is 5.70 Å². The molecule has 11 heavy (non-hydrogen) atoms. The zero-order valence-electron chi connectivity index (χ0n) is 6.20. The summed E-state index contributed by atoms with van der Waals surface area (Å²) in [4.78, 5) is 4.22. The highest BCUT2D eigenvalue weighted by Crippen LogP contribution is 2.18. The normalized spacial score (nSPS) is 26.9. The van der Waals surface area contributed by atoms with Gasteiger partial charge in [0, 0.05) is 6.21 Å². The third-order valence-corrected chi connectivity index (χ3v) is 1.77. The van der Waals surface area contributed by atoms with E-state index in [4.69, 9.17) is 0 Å². The maximum atomic E-state index is 4.22. The summed E-state index contributed by atoms with van der Waals surface area (Å²) < 4.78 is 0. The fourth-order valence-electron chi connectivity index (χ4n) is 1.19. The molecular formula is C10H9N.